The second kappa shape index (κ2) is 31.4. The van der Waals surface area contributed by atoms with Crippen LogP contribution in [0.5, 0.6) is 0 Å². The normalized spacial score (nSPS) is 8.83. The van der Waals surface area contributed by atoms with E-state index in [-0.39, 0.29) is 0 Å². The van der Waals surface area contributed by atoms with Crippen LogP contribution in [0.1, 0.15) is 9.67 Å². The van der Waals surface area contributed by atoms with Crippen molar-refractivity contribution in [1.29, 1.82) is 0 Å². The molecule has 0 saturated heterocycles. The van der Waals surface area contributed by atoms with Gasteiger partial charge in [-0.3, -0.25) is 4.79 Å². The molecule has 0 unspecified atom stereocenters. The average molecular weight is 94.1 g/mol. The monoisotopic (exact) mass is 94.0 g/mol. The molecule has 1 N–H and O–H groups in total. The highest BCUT2D eigenvalue weighted by molar-refractivity contribution is 5.44. The number of hydrogen-bond donors (Lipinski definition) is 1. The SMILES string of the molecule is [3H]C(=O)O.[3H]C(C)=O. The standard InChI is InChI=1S/C2H4O.CH2O2/c1-2-3;2-1-3/h2H,1H3;1H,(H,2,3)/i2T;1T. The van der Waals surface area contributed by atoms with Crippen LogP contribution in [0.3, 0.4) is 0 Å². The van der Waals surface area contributed by atoms with Crippen LogP contribution >= 0.6 is 0 Å². The first-order valence-corrected chi connectivity index (χ1v) is 1.13. The summed E-state index contributed by atoms with van der Waals surface area (Å²) in [6, 6.07) is 0. The minimum Gasteiger partial charge on any atom is -0.483 e. The van der Waals surface area contributed by atoms with E-state index in [0.717, 1.165) is 0 Å². The molecule has 0 radical (unpaired) electrons. The van der Waals surface area contributed by atoms with Crippen molar-refractivity contribution in [2.75, 3.05) is 0 Å². The Kier molecular flexibility index (Phi) is 17.5. The molecule has 0 atom stereocenters. The van der Waals surface area contributed by atoms with E-state index in [0.29, 0.717) is 0 Å². The van der Waals surface area contributed by atoms with E-state index in [4.69, 9.17) is 17.4 Å². The largest absolute Gasteiger partial charge is 0.483 e. The van der Waals surface area contributed by atoms with Gasteiger partial charge in [0.05, 0.1) is 0 Å². The zero-order chi connectivity index (χ0) is 7.15. The minimum absolute atomic E-state index is 0.583. The number of hydrogen-bond acceptors (Lipinski definition) is 2. The van der Waals surface area contributed by atoms with Gasteiger partial charge in [0.15, 0.2) is 1.37 Å². The molecule has 6 heavy (non-hydrogen) atoms. The fourth-order valence-electron chi connectivity index (χ4n) is 0. The van der Waals surface area contributed by atoms with Crippen LogP contribution in [0.4, 0.5) is 0 Å². The van der Waals surface area contributed by atoms with E-state index in [2.05, 4.69) is 0 Å². The number of carbonyl (C=O) groups is 2. The molecule has 0 bridgehead atoms. The van der Waals surface area contributed by atoms with Crippen molar-refractivity contribution in [1.82, 2.24) is 0 Å². The van der Waals surface area contributed by atoms with Crippen molar-refractivity contribution >= 4 is 12.7 Å². The van der Waals surface area contributed by atoms with Crippen LogP contribution < -0.4 is 0 Å². The van der Waals surface area contributed by atoms with E-state index in [1.807, 2.05) is 0 Å². The van der Waals surface area contributed by atoms with Gasteiger partial charge in [-0.2, -0.15) is 0 Å². The number of aldehydes is 1. The Labute approximate surface area is 38.4 Å². The van der Waals surface area contributed by atoms with Crippen molar-refractivity contribution in [3.05, 3.63) is 0 Å². The third-order valence-corrected chi connectivity index (χ3v) is 0. The maximum atomic E-state index is 9.11. The van der Waals surface area contributed by atoms with Crippen LogP contribution in [0, 0.1) is 0 Å². The molecule has 0 spiro atoms. The zero-order valence-electron chi connectivity index (χ0n) is 5.26. The lowest BCUT2D eigenvalue weighted by molar-refractivity contribution is -0.122. The maximum absolute atomic E-state index is 9.11. The average Bonchev–Trinajstić information content (AvgIpc) is 1.25. The zero-order valence-corrected chi connectivity index (χ0v) is 3.26. The molecule has 0 fully saturated rings. The highest BCUT2D eigenvalue weighted by Gasteiger charge is 1.24. The Morgan fingerprint density at radius 2 is 1.83 bits per heavy atom. The summed E-state index contributed by atoms with van der Waals surface area (Å²) in [4.78, 5) is 17.8. The second-order valence-corrected chi connectivity index (χ2v) is 0.295. The van der Waals surface area contributed by atoms with Gasteiger partial charge >= 0.3 is 0 Å². The van der Waals surface area contributed by atoms with Gasteiger partial charge in [0.1, 0.15) is 7.63 Å². The van der Waals surface area contributed by atoms with Crippen LogP contribution in [0.2, 0.25) is 0 Å². The molecular weight excluding hydrogens is 84.0 g/mol. The first kappa shape index (κ1) is 3.33. The fraction of sp³-hybridized carbons (Fsp3) is 0.333. The van der Waals surface area contributed by atoms with Gasteiger partial charge in [-0.05, 0) is 6.92 Å². The highest BCUT2D eigenvalue weighted by atomic mass is 16.3. The molecule has 3 heteroatoms. The summed E-state index contributed by atoms with van der Waals surface area (Å²) >= 11 is 0. The third-order valence-electron chi connectivity index (χ3n) is 0. The van der Waals surface area contributed by atoms with Gasteiger partial charge in [0, 0.05) is 0 Å². The quantitative estimate of drug-likeness (QED) is 0.426. The summed E-state index contributed by atoms with van der Waals surface area (Å²) in [7, 11) is 0. The molecule has 0 aliphatic heterocycles. The van der Waals surface area contributed by atoms with E-state index >= 15 is 0 Å². The van der Waals surface area contributed by atoms with E-state index in [9.17, 15) is 0 Å². The molecule has 0 aliphatic carbocycles. The Morgan fingerprint density at radius 1 is 1.83 bits per heavy atom. The van der Waals surface area contributed by atoms with Gasteiger partial charge in [-0.1, -0.05) is 0 Å². The molecule has 0 aliphatic rings. The third kappa shape index (κ3) is 19.4. The Morgan fingerprint density at radius 3 is 1.83 bits per heavy atom. The summed E-state index contributed by atoms with van der Waals surface area (Å²) < 4.78 is 11.4. The van der Waals surface area contributed by atoms with Crippen molar-refractivity contribution in [3.8, 4) is 0 Å². The molecule has 3 nitrogen and oxygen atoms in total. The van der Waals surface area contributed by atoms with Crippen molar-refractivity contribution < 1.29 is 17.4 Å². The van der Waals surface area contributed by atoms with Gasteiger partial charge < -0.3 is 9.90 Å². The molecule has 0 aromatic heterocycles. The molecule has 0 amide bonds. The van der Waals surface area contributed by atoms with Crippen LogP contribution in [0.25, 0.3) is 0 Å². The summed E-state index contributed by atoms with van der Waals surface area (Å²) in [6.45, 7) is 1.19. The van der Waals surface area contributed by atoms with Crippen LogP contribution in [-0.2, 0) is 9.59 Å². The Hall–Kier alpha value is -0.860. The van der Waals surface area contributed by atoms with E-state index in [1.165, 1.54) is 6.92 Å². The van der Waals surface area contributed by atoms with Gasteiger partial charge in [-0.15, -0.1) is 0 Å². The molecule has 0 heterocycles. The van der Waals surface area contributed by atoms with Gasteiger partial charge in [0.2, 0.25) is 0 Å². The fourth-order valence-corrected chi connectivity index (χ4v) is 0. The van der Waals surface area contributed by atoms with E-state index in [1.54, 1.807) is 0 Å². The van der Waals surface area contributed by atoms with Gasteiger partial charge in [0.25, 0.3) is 6.45 Å². The molecule has 0 saturated carbocycles. The minimum atomic E-state index is -1.58. The summed E-state index contributed by atoms with van der Waals surface area (Å²) in [6.07, 6.45) is -2.17. The Balaban J connectivity index is 0. The lowest BCUT2D eigenvalue weighted by Gasteiger charge is -1.34. The first-order valence-electron chi connectivity index (χ1n) is 2.13. The molecule has 0 aromatic carbocycles. The number of carboxylic acid groups (broad SMARTS) is 1. The predicted molar refractivity (Wildman–Crippen MR) is 20.4 cm³/mol. The van der Waals surface area contributed by atoms with E-state index < -0.39 is 12.7 Å². The summed E-state index contributed by atoms with van der Waals surface area (Å²) in [5.41, 5.74) is 0. The van der Waals surface area contributed by atoms with Crippen LogP contribution in [0.15, 0.2) is 0 Å². The summed E-state index contributed by atoms with van der Waals surface area (Å²) in [5, 5.41) is 7.08. The van der Waals surface area contributed by atoms with Crippen molar-refractivity contribution in [3.63, 3.8) is 0 Å². The number of rotatable bonds is 0. The van der Waals surface area contributed by atoms with Crippen molar-refractivity contribution in [2.24, 2.45) is 0 Å². The number of carbonyl (C=O) groups excluding carboxylic acids is 1. The topological polar surface area (TPSA) is 54.4 Å². The predicted octanol–water partition coefficient (Wildman–Crippen LogP) is -0.0940. The van der Waals surface area contributed by atoms with Crippen molar-refractivity contribution in [2.45, 2.75) is 6.92 Å². The second-order valence-electron chi connectivity index (χ2n) is 0.295. The lowest BCUT2D eigenvalue weighted by atomic mass is 11.0. The first-order chi connectivity index (χ1) is 3.46. The highest BCUT2D eigenvalue weighted by Crippen LogP contribution is 1.13. The molecule has 36 valence electrons. The molecule has 0 rings (SSSR count). The maximum Gasteiger partial charge on any atom is 0.290 e. The van der Waals surface area contributed by atoms with Crippen LogP contribution in [-0.4, -0.2) is 17.8 Å². The smallest absolute Gasteiger partial charge is 0.290 e. The molecule has 0 aromatic rings. The molecular formula is C3H6O3. The summed E-state index contributed by atoms with van der Waals surface area (Å²) in [5.74, 6) is 0. The lowest BCUT2D eigenvalue weighted by Crippen LogP contribution is -1.49. The van der Waals surface area contributed by atoms with Gasteiger partial charge in [-0.25, -0.2) is 0 Å². The Bertz CT molecular complexity index is 70.5.